The van der Waals surface area contributed by atoms with Crippen LogP contribution in [-0.2, 0) is 4.74 Å². The van der Waals surface area contributed by atoms with E-state index in [1.54, 1.807) is 7.05 Å². The molecule has 84 valence electrons. The first kappa shape index (κ1) is 10.8. The smallest absolute Gasteiger partial charge is 0.238 e. The standard InChI is InChI=1S/C11H14N4O/c1-15(8-12)11-13-6-10(7-14-11)9-2-4-16-5-3-9/h6-7,9H,2-5H2,1H3. The van der Waals surface area contributed by atoms with Crippen LogP contribution in [0.4, 0.5) is 5.95 Å². The number of nitrogens with zero attached hydrogens (tertiary/aromatic N) is 4. The van der Waals surface area contributed by atoms with Gasteiger partial charge in [0.2, 0.25) is 5.95 Å². The Hall–Kier alpha value is -1.67. The first-order valence-corrected chi connectivity index (χ1v) is 5.34. The molecule has 0 radical (unpaired) electrons. The summed E-state index contributed by atoms with van der Waals surface area (Å²) in [7, 11) is 1.64. The maximum atomic E-state index is 8.69. The maximum absolute atomic E-state index is 8.69. The molecular weight excluding hydrogens is 204 g/mol. The number of rotatable bonds is 2. The third kappa shape index (κ3) is 2.28. The average molecular weight is 218 g/mol. The van der Waals surface area contributed by atoms with Crippen molar-refractivity contribution >= 4 is 5.95 Å². The molecule has 0 aromatic carbocycles. The van der Waals surface area contributed by atoms with Crippen LogP contribution in [0.1, 0.15) is 24.3 Å². The summed E-state index contributed by atoms with van der Waals surface area (Å²) in [4.78, 5) is 9.69. The zero-order valence-electron chi connectivity index (χ0n) is 9.26. The molecule has 0 amide bonds. The van der Waals surface area contributed by atoms with Gasteiger partial charge >= 0.3 is 0 Å². The number of anilines is 1. The zero-order valence-corrected chi connectivity index (χ0v) is 9.26. The average Bonchev–Trinajstić information content (AvgIpc) is 2.39. The van der Waals surface area contributed by atoms with Crippen molar-refractivity contribution in [1.82, 2.24) is 9.97 Å². The third-order valence-corrected chi connectivity index (χ3v) is 2.80. The molecule has 1 aromatic heterocycles. The quantitative estimate of drug-likeness (QED) is 0.553. The molecule has 16 heavy (non-hydrogen) atoms. The Kier molecular flexibility index (Phi) is 3.32. The number of ether oxygens (including phenoxy) is 1. The van der Waals surface area contributed by atoms with E-state index >= 15 is 0 Å². The van der Waals surface area contributed by atoms with Gasteiger partial charge in [-0.1, -0.05) is 0 Å². The van der Waals surface area contributed by atoms with Crippen LogP contribution in [0.25, 0.3) is 0 Å². The summed E-state index contributed by atoms with van der Waals surface area (Å²) in [6.07, 6.45) is 7.64. The maximum Gasteiger partial charge on any atom is 0.238 e. The van der Waals surface area contributed by atoms with Crippen LogP contribution in [0.2, 0.25) is 0 Å². The van der Waals surface area contributed by atoms with E-state index in [-0.39, 0.29) is 0 Å². The van der Waals surface area contributed by atoms with Gasteiger partial charge in [-0.25, -0.2) is 9.97 Å². The molecule has 0 saturated carbocycles. The van der Waals surface area contributed by atoms with Gasteiger partial charge < -0.3 is 4.74 Å². The first-order chi connectivity index (χ1) is 7.81. The normalized spacial score (nSPS) is 16.8. The Bertz CT molecular complexity index is 378. The van der Waals surface area contributed by atoms with E-state index in [9.17, 15) is 0 Å². The van der Waals surface area contributed by atoms with Crippen LogP contribution < -0.4 is 4.90 Å². The Balaban J connectivity index is 2.09. The van der Waals surface area contributed by atoms with Crippen LogP contribution in [0.3, 0.4) is 0 Å². The fraction of sp³-hybridized carbons (Fsp3) is 0.545. The summed E-state index contributed by atoms with van der Waals surface area (Å²) in [6.45, 7) is 1.62. The summed E-state index contributed by atoms with van der Waals surface area (Å²) in [6, 6.07) is 0. The molecule has 0 spiro atoms. The van der Waals surface area contributed by atoms with Crippen molar-refractivity contribution in [1.29, 1.82) is 5.26 Å². The van der Waals surface area contributed by atoms with Gasteiger partial charge in [0.25, 0.3) is 0 Å². The Labute approximate surface area is 94.7 Å². The fourth-order valence-electron chi connectivity index (χ4n) is 1.79. The molecule has 5 heteroatoms. The predicted molar refractivity (Wildman–Crippen MR) is 58.8 cm³/mol. The van der Waals surface area contributed by atoms with Gasteiger partial charge in [-0.3, -0.25) is 4.90 Å². The van der Waals surface area contributed by atoms with E-state index in [1.807, 2.05) is 18.6 Å². The van der Waals surface area contributed by atoms with Crippen molar-refractivity contribution < 1.29 is 4.74 Å². The van der Waals surface area contributed by atoms with E-state index in [2.05, 4.69) is 9.97 Å². The molecule has 2 heterocycles. The minimum atomic E-state index is 0.443. The highest BCUT2D eigenvalue weighted by atomic mass is 16.5. The van der Waals surface area contributed by atoms with Gasteiger partial charge in [-0.05, 0) is 24.3 Å². The van der Waals surface area contributed by atoms with Crippen LogP contribution in [0, 0.1) is 11.5 Å². The van der Waals surface area contributed by atoms with E-state index in [0.717, 1.165) is 31.6 Å². The Morgan fingerprint density at radius 2 is 2.00 bits per heavy atom. The molecule has 0 N–H and O–H groups in total. The molecule has 0 atom stereocenters. The lowest BCUT2D eigenvalue weighted by Crippen LogP contribution is -2.16. The molecule has 2 rings (SSSR count). The molecule has 0 unspecified atom stereocenters. The van der Waals surface area contributed by atoms with Crippen molar-refractivity contribution in [3.05, 3.63) is 18.0 Å². The van der Waals surface area contributed by atoms with Gasteiger partial charge in [-0.15, -0.1) is 0 Å². The summed E-state index contributed by atoms with van der Waals surface area (Å²) >= 11 is 0. The van der Waals surface area contributed by atoms with Gasteiger partial charge in [-0.2, -0.15) is 5.26 Å². The summed E-state index contributed by atoms with van der Waals surface area (Å²) in [5, 5.41) is 8.69. The molecule has 0 aliphatic carbocycles. The van der Waals surface area contributed by atoms with E-state index in [0.29, 0.717) is 11.9 Å². The van der Waals surface area contributed by atoms with Crippen LogP contribution in [0.5, 0.6) is 0 Å². The highest BCUT2D eigenvalue weighted by molar-refractivity contribution is 5.34. The van der Waals surface area contributed by atoms with E-state index < -0.39 is 0 Å². The molecule has 5 nitrogen and oxygen atoms in total. The number of hydrogen-bond donors (Lipinski definition) is 0. The predicted octanol–water partition coefficient (Wildman–Crippen LogP) is 1.29. The minimum Gasteiger partial charge on any atom is -0.381 e. The SMILES string of the molecule is CN(C#N)c1ncc(C2CCOCC2)cn1. The lowest BCUT2D eigenvalue weighted by molar-refractivity contribution is 0.0852. The summed E-state index contributed by atoms with van der Waals surface area (Å²) < 4.78 is 5.31. The number of aromatic nitrogens is 2. The van der Waals surface area contributed by atoms with Gasteiger partial charge in [0.15, 0.2) is 6.19 Å². The largest absolute Gasteiger partial charge is 0.381 e. The third-order valence-electron chi connectivity index (χ3n) is 2.80. The highest BCUT2D eigenvalue weighted by Crippen LogP contribution is 2.25. The lowest BCUT2D eigenvalue weighted by Gasteiger charge is -2.21. The molecule has 1 aliphatic rings. The molecule has 1 aliphatic heterocycles. The first-order valence-electron chi connectivity index (χ1n) is 5.34. The zero-order chi connectivity index (χ0) is 11.4. The minimum absolute atomic E-state index is 0.443. The van der Waals surface area contributed by atoms with Gasteiger partial charge in [0.1, 0.15) is 0 Å². The second-order valence-corrected chi connectivity index (χ2v) is 3.86. The molecular formula is C11H14N4O. The van der Waals surface area contributed by atoms with Crippen molar-refractivity contribution in [3.63, 3.8) is 0 Å². The topological polar surface area (TPSA) is 62.0 Å². The summed E-state index contributed by atoms with van der Waals surface area (Å²) in [5.41, 5.74) is 1.14. The van der Waals surface area contributed by atoms with E-state index in [1.165, 1.54) is 4.90 Å². The van der Waals surface area contributed by atoms with Crippen LogP contribution >= 0.6 is 0 Å². The van der Waals surface area contributed by atoms with Crippen LogP contribution in [0.15, 0.2) is 12.4 Å². The number of nitriles is 1. The van der Waals surface area contributed by atoms with Crippen molar-refractivity contribution in [2.45, 2.75) is 18.8 Å². The Morgan fingerprint density at radius 1 is 1.38 bits per heavy atom. The monoisotopic (exact) mass is 218 g/mol. The van der Waals surface area contributed by atoms with E-state index in [4.69, 9.17) is 10.00 Å². The van der Waals surface area contributed by atoms with Crippen molar-refractivity contribution in [2.75, 3.05) is 25.2 Å². The van der Waals surface area contributed by atoms with Gasteiger partial charge in [0, 0.05) is 32.7 Å². The fourth-order valence-corrected chi connectivity index (χ4v) is 1.79. The second-order valence-electron chi connectivity index (χ2n) is 3.86. The van der Waals surface area contributed by atoms with Crippen molar-refractivity contribution in [2.24, 2.45) is 0 Å². The van der Waals surface area contributed by atoms with Crippen LogP contribution in [-0.4, -0.2) is 30.2 Å². The molecule has 0 bridgehead atoms. The second kappa shape index (κ2) is 4.90. The molecule has 1 saturated heterocycles. The van der Waals surface area contributed by atoms with Gasteiger partial charge in [0.05, 0.1) is 0 Å². The van der Waals surface area contributed by atoms with Crippen molar-refractivity contribution in [3.8, 4) is 6.19 Å². The number of hydrogen-bond acceptors (Lipinski definition) is 5. The summed E-state index contributed by atoms with van der Waals surface area (Å²) in [5.74, 6) is 0.938. The highest BCUT2D eigenvalue weighted by Gasteiger charge is 2.16. The Morgan fingerprint density at radius 3 is 2.56 bits per heavy atom. The molecule has 1 aromatic rings. The molecule has 1 fully saturated rings. The lowest BCUT2D eigenvalue weighted by atomic mass is 9.94.